The molecule has 1 fully saturated rings. The number of ether oxygens (including phenoxy) is 3. The standard InChI is InChI=1S/C45H47Cl2N3O4/c1-31(2)36-13-15-39(16-14-36)52-24-19-34-9-11-35(12-10-34)29-49-20-22-50(23-21-49)44(51)26-32(3)38-25-33(4)45(42(47)27-38)54-43-18-17-40(28-48-43)53-30-37-7-5-6-8-41(37)46/h5-18,25-28,31H,19-24,29-30H2,1-4H3/b32-26+. The van der Waals surface area contributed by atoms with Gasteiger partial charge >= 0.3 is 0 Å². The second-order valence-electron chi connectivity index (χ2n) is 14.0. The summed E-state index contributed by atoms with van der Waals surface area (Å²) in [5.41, 5.74) is 7.28. The van der Waals surface area contributed by atoms with Crippen LogP contribution in [-0.2, 0) is 24.4 Å². The summed E-state index contributed by atoms with van der Waals surface area (Å²) in [4.78, 5) is 22.0. The number of amides is 1. The summed E-state index contributed by atoms with van der Waals surface area (Å²) in [6, 6.07) is 32.0. The highest BCUT2D eigenvalue weighted by Crippen LogP contribution is 2.35. The third kappa shape index (κ3) is 10.7. The zero-order valence-corrected chi connectivity index (χ0v) is 32.9. The van der Waals surface area contributed by atoms with Crippen LogP contribution in [0.2, 0.25) is 10.0 Å². The topological polar surface area (TPSA) is 64.1 Å². The number of aromatic nitrogens is 1. The van der Waals surface area contributed by atoms with Crippen molar-refractivity contribution in [1.82, 2.24) is 14.8 Å². The molecule has 0 spiro atoms. The molecular formula is C45H47Cl2N3O4. The minimum absolute atomic E-state index is 0.00438. The van der Waals surface area contributed by atoms with Crippen molar-refractivity contribution in [3.63, 3.8) is 0 Å². The number of rotatable bonds is 14. The van der Waals surface area contributed by atoms with E-state index in [1.807, 2.05) is 55.1 Å². The van der Waals surface area contributed by atoms with Crippen LogP contribution in [0.15, 0.2) is 109 Å². The summed E-state index contributed by atoms with van der Waals surface area (Å²) in [5.74, 6) is 2.93. The molecule has 6 rings (SSSR count). The number of pyridine rings is 1. The van der Waals surface area contributed by atoms with Crippen molar-refractivity contribution >= 4 is 34.7 Å². The SMILES string of the molecule is C/C(=C\C(=O)N1CCN(Cc2ccc(CCOc3ccc(C(C)C)cc3)cc2)CC1)c1cc(C)c(Oc2ccc(OCc3ccccc3Cl)cn2)c(Cl)c1. The lowest BCUT2D eigenvalue weighted by Gasteiger charge is -2.34. The summed E-state index contributed by atoms with van der Waals surface area (Å²) in [6.45, 7) is 13.1. The predicted molar refractivity (Wildman–Crippen MR) is 218 cm³/mol. The van der Waals surface area contributed by atoms with Crippen molar-refractivity contribution in [2.24, 2.45) is 0 Å². The van der Waals surface area contributed by atoms with Gasteiger partial charge in [0.15, 0.2) is 5.75 Å². The molecule has 5 aromatic rings. The molecule has 2 heterocycles. The molecule has 0 aliphatic carbocycles. The maximum atomic E-state index is 13.3. The predicted octanol–water partition coefficient (Wildman–Crippen LogP) is 10.6. The number of halogens is 2. The number of piperazine rings is 1. The van der Waals surface area contributed by atoms with E-state index in [9.17, 15) is 4.79 Å². The van der Waals surface area contributed by atoms with Crippen LogP contribution in [0.1, 0.15) is 60.1 Å². The molecular weight excluding hydrogens is 717 g/mol. The Morgan fingerprint density at radius 2 is 1.54 bits per heavy atom. The number of allylic oxidation sites excluding steroid dienone is 1. The molecule has 1 saturated heterocycles. The van der Waals surface area contributed by atoms with Gasteiger partial charge in [0.05, 0.1) is 17.8 Å². The minimum atomic E-state index is 0.00438. The van der Waals surface area contributed by atoms with Crippen LogP contribution in [-0.4, -0.2) is 53.5 Å². The Bertz CT molecular complexity index is 2020. The van der Waals surface area contributed by atoms with Gasteiger partial charge in [0.25, 0.3) is 0 Å². The van der Waals surface area contributed by atoms with Crippen molar-refractivity contribution in [1.29, 1.82) is 0 Å². The molecule has 0 bridgehead atoms. The van der Waals surface area contributed by atoms with Gasteiger partial charge in [0.2, 0.25) is 11.8 Å². The Kier molecular flexibility index (Phi) is 13.3. The number of carbonyl (C=O) groups excluding carboxylic acids is 1. The summed E-state index contributed by atoms with van der Waals surface area (Å²) in [7, 11) is 0. The first-order valence-electron chi connectivity index (χ1n) is 18.4. The van der Waals surface area contributed by atoms with E-state index >= 15 is 0 Å². The van der Waals surface area contributed by atoms with Gasteiger partial charge in [-0.05, 0) is 89.6 Å². The average Bonchev–Trinajstić information content (AvgIpc) is 3.17. The van der Waals surface area contributed by atoms with Crippen LogP contribution in [0.5, 0.6) is 23.1 Å². The quantitative estimate of drug-likeness (QED) is 0.105. The molecule has 0 saturated carbocycles. The first-order valence-corrected chi connectivity index (χ1v) is 19.2. The summed E-state index contributed by atoms with van der Waals surface area (Å²) >= 11 is 12.9. The lowest BCUT2D eigenvalue weighted by molar-refractivity contribution is -0.127. The van der Waals surface area contributed by atoms with E-state index in [4.69, 9.17) is 37.4 Å². The molecule has 7 nitrogen and oxygen atoms in total. The van der Waals surface area contributed by atoms with Crippen LogP contribution in [0.4, 0.5) is 0 Å². The zero-order chi connectivity index (χ0) is 38.0. The zero-order valence-electron chi connectivity index (χ0n) is 31.4. The maximum Gasteiger partial charge on any atom is 0.246 e. The van der Waals surface area contributed by atoms with E-state index < -0.39 is 0 Å². The van der Waals surface area contributed by atoms with Gasteiger partial charge in [-0.25, -0.2) is 4.98 Å². The van der Waals surface area contributed by atoms with Crippen LogP contribution in [0.25, 0.3) is 5.57 Å². The van der Waals surface area contributed by atoms with Gasteiger partial charge in [-0.2, -0.15) is 0 Å². The van der Waals surface area contributed by atoms with Gasteiger partial charge in [0.1, 0.15) is 18.1 Å². The molecule has 0 atom stereocenters. The first-order chi connectivity index (χ1) is 26.1. The molecule has 54 heavy (non-hydrogen) atoms. The van der Waals surface area contributed by atoms with E-state index in [2.05, 4.69) is 72.3 Å². The van der Waals surface area contributed by atoms with Crippen molar-refractivity contribution in [2.45, 2.75) is 53.2 Å². The lowest BCUT2D eigenvalue weighted by atomic mass is 10.0. The van der Waals surface area contributed by atoms with Gasteiger partial charge in [-0.15, -0.1) is 0 Å². The van der Waals surface area contributed by atoms with Crippen molar-refractivity contribution in [2.75, 3.05) is 32.8 Å². The summed E-state index contributed by atoms with van der Waals surface area (Å²) < 4.78 is 17.9. The highest BCUT2D eigenvalue weighted by molar-refractivity contribution is 6.32. The largest absolute Gasteiger partial charge is 0.493 e. The first kappa shape index (κ1) is 38.9. The normalized spacial score (nSPS) is 13.6. The van der Waals surface area contributed by atoms with Gasteiger partial charge < -0.3 is 19.1 Å². The molecule has 9 heteroatoms. The number of aryl methyl sites for hydroxylation is 1. The van der Waals surface area contributed by atoms with E-state index in [1.54, 1.807) is 24.4 Å². The fourth-order valence-electron chi connectivity index (χ4n) is 6.27. The van der Waals surface area contributed by atoms with E-state index in [0.29, 0.717) is 59.6 Å². The van der Waals surface area contributed by atoms with Crippen LogP contribution in [0, 0.1) is 6.92 Å². The van der Waals surface area contributed by atoms with Crippen LogP contribution < -0.4 is 14.2 Å². The van der Waals surface area contributed by atoms with E-state index in [0.717, 1.165) is 54.1 Å². The molecule has 4 aromatic carbocycles. The molecule has 1 aliphatic heterocycles. The van der Waals surface area contributed by atoms with E-state index in [-0.39, 0.29) is 5.91 Å². The minimum Gasteiger partial charge on any atom is -0.493 e. The van der Waals surface area contributed by atoms with E-state index in [1.165, 1.54) is 16.7 Å². The number of hydrogen-bond donors (Lipinski definition) is 0. The average molecular weight is 765 g/mol. The fraction of sp³-hybridized carbons (Fsp3) is 0.289. The lowest BCUT2D eigenvalue weighted by Crippen LogP contribution is -2.47. The molecule has 1 aliphatic rings. The number of nitrogens with zero attached hydrogens (tertiary/aromatic N) is 3. The number of hydrogen-bond acceptors (Lipinski definition) is 6. The Morgan fingerprint density at radius 1 is 0.833 bits per heavy atom. The van der Waals surface area contributed by atoms with Gasteiger partial charge in [-0.3, -0.25) is 9.69 Å². The molecule has 1 aromatic heterocycles. The fourth-order valence-corrected chi connectivity index (χ4v) is 6.77. The van der Waals surface area contributed by atoms with Gasteiger partial charge in [0, 0.05) is 61.9 Å². The van der Waals surface area contributed by atoms with Crippen molar-refractivity contribution < 1.29 is 19.0 Å². The van der Waals surface area contributed by atoms with Crippen LogP contribution in [0.3, 0.4) is 0 Å². The third-order valence-corrected chi connectivity index (χ3v) is 10.3. The molecule has 0 N–H and O–H groups in total. The smallest absolute Gasteiger partial charge is 0.246 e. The monoisotopic (exact) mass is 763 g/mol. The number of carbonyl (C=O) groups is 1. The molecule has 280 valence electrons. The van der Waals surface area contributed by atoms with Crippen molar-refractivity contribution in [3.8, 4) is 23.1 Å². The molecule has 1 amide bonds. The highest BCUT2D eigenvalue weighted by Gasteiger charge is 2.21. The second kappa shape index (κ2) is 18.5. The molecule has 0 radical (unpaired) electrons. The summed E-state index contributed by atoms with van der Waals surface area (Å²) in [6.07, 6.45) is 4.16. The van der Waals surface area contributed by atoms with Gasteiger partial charge in [-0.1, -0.05) is 91.6 Å². The Morgan fingerprint density at radius 3 is 2.20 bits per heavy atom. The van der Waals surface area contributed by atoms with Crippen LogP contribution >= 0.6 is 23.2 Å². The number of benzene rings is 4. The summed E-state index contributed by atoms with van der Waals surface area (Å²) in [5, 5.41) is 1.09. The Labute approximate surface area is 329 Å². The Hall–Kier alpha value is -4.82. The third-order valence-electron chi connectivity index (χ3n) is 9.61. The maximum absolute atomic E-state index is 13.3. The Balaban J connectivity index is 0.947. The second-order valence-corrected chi connectivity index (χ2v) is 14.8. The van der Waals surface area contributed by atoms with Crippen molar-refractivity contribution in [3.05, 3.63) is 153 Å². The molecule has 0 unspecified atom stereocenters. The highest BCUT2D eigenvalue weighted by atomic mass is 35.5.